The van der Waals surface area contributed by atoms with E-state index in [9.17, 15) is 5.11 Å². The minimum atomic E-state index is -0.673. The van der Waals surface area contributed by atoms with Crippen LogP contribution >= 0.6 is 0 Å². The summed E-state index contributed by atoms with van der Waals surface area (Å²) in [6.07, 6.45) is 0.629. The van der Waals surface area contributed by atoms with Gasteiger partial charge in [0.1, 0.15) is 0 Å². The summed E-state index contributed by atoms with van der Waals surface area (Å²) in [4.78, 5) is 0. The summed E-state index contributed by atoms with van der Waals surface area (Å²) in [6, 6.07) is 0. The fourth-order valence-electron chi connectivity index (χ4n) is 1.32. The van der Waals surface area contributed by atoms with Crippen molar-refractivity contribution in [2.24, 2.45) is 5.41 Å². The van der Waals surface area contributed by atoms with Crippen molar-refractivity contribution in [2.75, 3.05) is 0 Å². The molecule has 0 rings (SSSR count). The Hall–Kier alpha value is -0.415. The molecule has 0 aliphatic carbocycles. The second kappa shape index (κ2) is 3.32. The zero-order valence-corrected chi connectivity index (χ0v) is 7.73. The highest BCUT2D eigenvalue weighted by Gasteiger charge is 2.24. The summed E-state index contributed by atoms with van der Waals surface area (Å²) in [7, 11) is 5.09. The molecule has 2 heteroatoms. The van der Waals surface area contributed by atoms with Gasteiger partial charge in [0.05, 0.1) is 5.60 Å². The van der Waals surface area contributed by atoms with Gasteiger partial charge in [-0.3, -0.25) is 0 Å². The molecular weight excluding hydrogens is 135 g/mol. The first-order valence-electron chi connectivity index (χ1n) is 3.72. The number of hydrogen-bond donors (Lipinski definition) is 1. The lowest BCUT2D eigenvalue weighted by Crippen LogP contribution is -2.27. The zero-order valence-electron chi connectivity index (χ0n) is 7.73. The maximum atomic E-state index is 9.47. The second-order valence-corrected chi connectivity index (χ2v) is 4.14. The summed E-state index contributed by atoms with van der Waals surface area (Å²) in [5.74, 6) is 5.22. The summed E-state index contributed by atoms with van der Waals surface area (Å²) in [5.41, 5.74) is -0.875. The maximum Gasteiger partial charge on any atom is 0.187 e. The lowest BCUT2D eigenvalue weighted by atomic mass is 9.82. The van der Waals surface area contributed by atoms with Crippen molar-refractivity contribution >= 4 is 7.85 Å². The van der Waals surface area contributed by atoms with E-state index >= 15 is 0 Å². The molecule has 0 aromatic rings. The van der Waals surface area contributed by atoms with Crippen LogP contribution in [0.5, 0.6) is 0 Å². The van der Waals surface area contributed by atoms with Crippen molar-refractivity contribution in [3.05, 3.63) is 0 Å². The third-order valence-corrected chi connectivity index (χ3v) is 1.29. The Kier molecular flexibility index (Phi) is 3.20. The van der Waals surface area contributed by atoms with E-state index in [0.717, 1.165) is 0 Å². The van der Waals surface area contributed by atoms with Crippen molar-refractivity contribution in [3.8, 4) is 11.7 Å². The van der Waals surface area contributed by atoms with E-state index in [2.05, 4.69) is 11.7 Å². The van der Waals surface area contributed by atoms with Crippen LogP contribution in [0, 0.1) is 17.2 Å². The van der Waals surface area contributed by atoms with Crippen molar-refractivity contribution in [1.82, 2.24) is 0 Å². The van der Waals surface area contributed by atoms with Crippen LogP contribution < -0.4 is 0 Å². The van der Waals surface area contributed by atoms with Gasteiger partial charge in [0.25, 0.3) is 0 Å². The molecule has 0 bridgehead atoms. The Morgan fingerprint density at radius 2 is 1.73 bits per heavy atom. The van der Waals surface area contributed by atoms with Crippen molar-refractivity contribution in [1.29, 1.82) is 0 Å². The normalized spacial score (nSPS) is 12.1. The molecule has 0 saturated heterocycles. The Labute approximate surface area is 70.6 Å². The van der Waals surface area contributed by atoms with Gasteiger partial charge in [0.15, 0.2) is 7.85 Å². The Bertz CT molecular complexity index is 178. The van der Waals surface area contributed by atoms with Crippen LogP contribution in [0.15, 0.2) is 0 Å². The Morgan fingerprint density at radius 1 is 1.27 bits per heavy atom. The fraction of sp³-hybridized carbons (Fsp3) is 0.778. The molecule has 11 heavy (non-hydrogen) atoms. The maximum absolute atomic E-state index is 9.47. The predicted molar refractivity (Wildman–Crippen MR) is 48.2 cm³/mol. The smallest absolute Gasteiger partial charge is 0.187 e. The number of hydrogen-bond acceptors (Lipinski definition) is 1. The molecule has 1 nitrogen and oxygen atoms in total. The van der Waals surface area contributed by atoms with Crippen LogP contribution in [0.25, 0.3) is 0 Å². The van der Waals surface area contributed by atoms with E-state index in [1.54, 1.807) is 13.8 Å². The van der Waals surface area contributed by atoms with Gasteiger partial charge in [-0.25, -0.2) is 0 Å². The largest absolute Gasteiger partial charge is 0.390 e. The van der Waals surface area contributed by atoms with E-state index in [-0.39, 0.29) is 5.41 Å². The molecule has 0 aliphatic rings. The molecule has 0 heterocycles. The van der Waals surface area contributed by atoms with Gasteiger partial charge in [-0.15, -0.1) is 5.92 Å². The predicted octanol–water partition coefficient (Wildman–Crippen LogP) is 1.30. The average Bonchev–Trinajstić information content (AvgIpc) is 1.55. The van der Waals surface area contributed by atoms with Gasteiger partial charge in [-0.05, 0) is 34.1 Å². The first-order chi connectivity index (χ1) is 4.77. The summed E-state index contributed by atoms with van der Waals surface area (Å²) in [6.45, 7) is 7.47. The molecule has 0 unspecified atom stereocenters. The monoisotopic (exact) mass is 150 g/mol. The minimum absolute atomic E-state index is 0.201. The highest BCUT2D eigenvalue weighted by atomic mass is 16.3. The molecule has 0 aromatic heterocycles. The molecule has 2 radical (unpaired) electrons. The molecule has 0 aromatic carbocycles. The number of rotatable bonds is 2. The lowest BCUT2D eigenvalue weighted by molar-refractivity contribution is 0.0459. The third kappa shape index (κ3) is 6.00. The van der Waals surface area contributed by atoms with Crippen LogP contribution in [-0.4, -0.2) is 18.6 Å². The molecule has 0 aliphatic heterocycles. The van der Waals surface area contributed by atoms with Gasteiger partial charge in [-0.2, -0.15) is 5.82 Å². The second-order valence-electron chi connectivity index (χ2n) is 4.14. The van der Waals surface area contributed by atoms with Gasteiger partial charge >= 0.3 is 0 Å². The van der Waals surface area contributed by atoms with Crippen LogP contribution in [0.3, 0.4) is 0 Å². The number of aliphatic hydroxyl groups is 1. The standard InChI is InChI=1S/C9H15BO/c1-8(2,5-6-10)7-9(3,4)11/h11H,7H2,1-4H3. The minimum Gasteiger partial charge on any atom is -0.390 e. The highest BCUT2D eigenvalue weighted by molar-refractivity contribution is 6.22. The molecule has 0 saturated carbocycles. The average molecular weight is 150 g/mol. The van der Waals surface area contributed by atoms with Crippen molar-refractivity contribution < 1.29 is 5.11 Å². The van der Waals surface area contributed by atoms with Crippen LogP contribution in [-0.2, 0) is 0 Å². The van der Waals surface area contributed by atoms with E-state index < -0.39 is 5.60 Å². The van der Waals surface area contributed by atoms with Gasteiger partial charge in [0, 0.05) is 5.41 Å². The first kappa shape index (κ1) is 10.6. The summed E-state index contributed by atoms with van der Waals surface area (Å²) < 4.78 is 0. The highest BCUT2D eigenvalue weighted by Crippen LogP contribution is 2.26. The lowest BCUT2D eigenvalue weighted by Gasteiger charge is -2.26. The molecule has 0 atom stereocenters. The third-order valence-electron chi connectivity index (χ3n) is 1.29. The fourth-order valence-corrected chi connectivity index (χ4v) is 1.32. The molecule has 60 valence electrons. The SMILES string of the molecule is [B]C#CC(C)(C)CC(C)(C)O. The van der Waals surface area contributed by atoms with Crippen LogP contribution in [0.4, 0.5) is 0 Å². The zero-order chi connectivity index (χ0) is 9.12. The molecule has 0 spiro atoms. The Balaban J connectivity index is 4.21. The molecular formula is C9H15BO. The van der Waals surface area contributed by atoms with E-state index in [0.29, 0.717) is 6.42 Å². The summed E-state index contributed by atoms with van der Waals surface area (Å²) in [5, 5.41) is 9.47. The quantitative estimate of drug-likeness (QED) is 0.464. The van der Waals surface area contributed by atoms with Crippen LogP contribution in [0.1, 0.15) is 34.1 Å². The molecule has 0 amide bonds. The molecule has 1 N–H and O–H groups in total. The van der Waals surface area contributed by atoms with E-state index in [1.165, 1.54) is 0 Å². The van der Waals surface area contributed by atoms with E-state index in [4.69, 9.17) is 7.85 Å². The first-order valence-corrected chi connectivity index (χ1v) is 3.72. The van der Waals surface area contributed by atoms with Crippen LogP contribution in [0.2, 0.25) is 0 Å². The van der Waals surface area contributed by atoms with Gasteiger partial charge < -0.3 is 5.11 Å². The molecule has 0 fully saturated rings. The summed E-state index contributed by atoms with van der Waals surface area (Å²) >= 11 is 0. The van der Waals surface area contributed by atoms with E-state index in [1.807, 2.05) is 13.8 Å². The Morgan fingerprint density at radius 3 is 2.00 bits per heavy atom. The van der Waals surface area contributed by atoms with Gasteiger partial charge in [-0.1, -0.05) is 0 Å². The van der Waals surface area contributed by atoms with Crippen molar-refractivity contribution in [3.63, 3.8) is 0 Å². The topological polar surface area (TPSA) is 20.2 Å². The van der Waals surface area contributed by atoms with Crippen molar-refractivity contribution in [2.45, 2.75) is 39.7 Å². The van der Waals surface area contributed by atoms with Gasteiger partial charge in [0.2, 0.25) is 0 Å².